The summed E-state index contributed by atoms with van der Waals surface area (Å²) in [6.07, 6.45) is 1.96. The zero-order valence-corrected chi connectivity index (χ0v) is 13.8. The van der Waals surface area contributed by atoms with E-state index in [9.17, 15) is 24.3 Å². The molecule has 0 aliphatic carbocycles. The summed E-state index contributed by atoms with van der Waals surface area (Å²) in [4.78, 5) is 51.7. The van der Waals surface area contributed by atoms with E-state index in [2.05, 4.69) is 4.98 Å². The van der Waals surface area contributed by atoms with Crippen LogP contribution in [0.1, 0.15) is 36.5 Å². The molecule has 2 N–H and O–H groups in total. The molecule has 1 unspecified atom stereocenters. The maximum atomic E-state index is 12.8. The van der Waals surface area contributed by atoms with Gasteiger partial charge in [0.1, 0.15) is 6.04 Å². The highest BCUT2D eigenvalue weighted by Crippen LogP contribution is 2.21. The second-order valence-corrected chi connectivity index (χ2v) is 6.08. The van der Waals surface area contributed by atoms with E-state index in [-0.39, 0.29) is 11.5 Å². The fourth-order valence-electron chi connectivity index (χ4n) is 3.32. The van der Waals surface area contributed by atoms with Crippen molar-refractivity contribution in [1.29, 1.82) is 0 Å². The van der Waals surface area contributed by atoms with Crippen molar-refractivity contribution in [3.63, 3.8) is 0 Å². The van der Waals surface area contributed by atoms with Crippen molar-refractivity contribution in [2.75, 3.05) is 6.54 Å². The maximum absolute atomic E-state index is 12.8. The molecule has 1 aromatic carbocycles. The maximum Gasteiger partial charge on any atom is 0.326 e. The van der Waals surface area contributed by atoms with E-state index in [1.54, 1.807) is 19.1 Å². The number of fused-ring (bicyclic) bond motifs is 1. The summed E-state index contributed by atoms with van der Waals surface area (Å²) in [6, 6.07) is 3.82. The molecule has 1 amide bonds. The van der Waals surface area contributed by atoms with Crippen LogP contribution in [-0.2, 0) is 11.3 Å². The quantitative estimate of drug-likeness (QED) is 0.799. The summed E-state index contributed by atoms with van der Waals surface area (Å²) in [7, 11) is 0. The molecule has 1 aliphatic rings. The van der Waals surface area contributed by atoms with Gasteiger partial charge in [0.25, 0.3) is 5.91 Å². The number of aliphatic carboxylic acids is 1. The highest BCUT2D eigenvalue weighted by molar-refractivity contribution is 5.99. The van der Waals surface area contributed by atoms with Gasteiger partial charge < -0.3 is 19.6 Å². The number of nitrogens with zero attached hydrogens (tertiary/aromatic N) is 2. The van der Waals surface area contributed by atoms with Gasteiger partial charge in [0.15, 0.2) is 0 Å². The number of aromatic amines is 1. The number of hydrogen-bond acceptors (Lipinski definition) is 4. The summed E-state index contributed by atoms with van der Waals surface area (Å²) in [5.41, 5.74) is -0.202. The van der Waals surface area contributed by atoms with Gasteiger partial charge in [-0.3, -0.25) is 14.4 Å². The third-order valence-corrected chi connectivity index (χ3v) is 4.59. The van der Waals surface area contributed by atoms with Crippen LogP contribution in [0.25, 0.3) is 11.0 Å². The molecule has 0 saturated carbocycles. The molecule has 2 aromatic rings. The minimum atomic E-state index is -1.01. The molecule has 1 aromatic heterocycles. The molecule has 0 bridgehead atoms. The summed E-state index contributed by atoms with van der Waals surface area (Å²) >= 11 is 0. The number of aryl methyl sites for hydroxylation is 1. The van der Waals surface area contributed by atoms with Gasteiger partial charge in [-0.2, -0.15) is 0 Å². The lowest BCUT2D eigenvalue weighted by Crippen LogP contribution is -2.48. The highest BCUT2D eigenvalue weighted by atomic mass is 16.4. The number of benzene rings is 1. The van der Waals surface area contributed by atoms with Crippen molar-refractivity contribution < 1.29 is 14.7 Å². The SMILES string of the molecule is CCn1c(=O)c(=O)[nH]c2cc(C(=O)N3CCCCC3C(=O)O)ccc21. The first-order chi connectivity index (χ1) is 11.9. The van der Waals surface area contributed by atoms with E-state index in [4.69, 9.17) is 0 Å². The summed E-state index contributed by atoms with van der Waals surface area (Å²) in [5.74, 6) is -1.40. The zero-order chi connectivity index (χ0) is 18.1. The predicted molar refractivity (Wildman–Crippen MR) is 90.8 cm³/mol. The van der Waals surface area contributed by atoms with Gasteiger partial charge in [-0.1, -0.05) is 0 Å². The van der Waals surface area contributed by atoms with Crippen LogP contribution in [-0.4, -0.2) is 44.0 Å². The van der Waals surface area contributed by atoms with Crippen LogP contribution in [0.3, 0.4) is 0 Å². The van der Waals surface area contributed by atoms with Crippen LogP contribution >= 0.6 is 0 Å². The van der Waals surface area contributed by atoms with Crippen LogP contribution in [0.2, 0.25) is 0 Å². The molecule has 25 heavy (non-hydrogen) atoms. The van der Waals surface area contributed by atoms with Gasteiger partial charge in [0.05, 0.1) is 11.0 Å². The molecule has 132 valence electrons. The van der Waals surface area contributed by atoms with Crippen LogP contribution < -0.4 is 11.1 Å². The zero-order valence-electron chi connectivity index (χ0n) is 13.8. The molecular weight excluding hydrogens is 326 g/mol. The Kier molecular flexibility index (Phi) is 4.43. The normalized spacial score (nSPS) is 17.6. The van der Waals surface area contributed by atoms with E-state index < -0.39 is 23.1 Å². The second kappa shape index (κ2) is 6.54. The molecular formula is C17H19N3O5. The number of carbonyl (C=O) groups is 2. The van der Waals surface area contributed by atoms with Crippen LogP contribution in [0.5, 0.6) is 0 Å². The molecule has 1 fully saturated rings. The lowest BCUT2D eigenvalue weighted by molar-refractivity contribution is -0.143. The van der Waals surface area contributed by atoms with Crippen LogP contribution in [0.15, 0.2) is 27.8 Å². The number of aromatic nitrogens is 2. The van der Waals surface area contributed by atoms with E-state index in [0.717, 1.165) is 12.8 Å². The average molecular weight is 345 g/mol. The Labute approximate surface area is 142 Å². The van der Waals surface area contributed by atoms with Gasteiger partial charge in [-0.05, 0) is 44.4 Å². The number of amides is 1. The number of carboxylic acids is 1. The van der Waals surface area contributed by atoms with Crippen molar-refractivity contribution in [2.24, 2.45) is 0 Å². The summed E-state index contributed by atoms with van der Waals surface area (Å²) in [6.45, 7) is 2.48. The third kappa shape index (κ3) is 2.95. The Balaban J connectivity index is 2.05. The highest BCUT2D eigenvalue weighted by Gasteiger charge is 2.32. The van der Waals surface area contributed by atoms with Gasteiger partial charge in [-0.15, -0.1) is 0 Å². The number of nitrogens with one attached hydrogen (secondary N) is 1. The summed E-state index contributed by atoms with van der Waals surface area (Å²) in [5, 5.41) is 9.33. The van der Waals surface area contributed by atoms with E-state index in [1.165, 1.54) is 15.5 Å². The predicted octanol–water partition coefficient (Wildman–Crippen LogP) is 0.789. The average Bonchev–Trinajstić information content (AvgIpc) is 2.61. The smallest absolute Gasteiger partial charge is 0.326 e. The van der Waals surface area contributed by atoms with Crippen LogP contribution in [0.4, 0.5) is 0 Å². The molecule has 8 nitrogen and oxygen atoms in total. The largest absolute Gasteiger partial charge is 0.480 e. The Morgan fingerprint density at radius 2 is 2.04 bits per heavy atom. The Bertz CT molecular complexity index is 959. The van der Waals surface area contributed by atoms with E-state index in [1.807, 2.05) is 0 Å². The molecule has 1 atom stereocenters. The van der Waals surface area contributed by atoms with Crippen molar-refractivity contribution >= 4 is 22.9 Å². The van der Waals surface area contributed by atoms with Gasteiger partial charge in [0, 0.05) is 18.7 Å². The van der Waals surface area contributed by atoms with Crippen molar-refractivity contribution in [1.82, 2.24) is 14.5 Å². The standard InChI is InChI=1S/C17H19N3O5/c1-2-19-12-7-6-10(9-11(12)18-14(21)16(19)23)15(22)20-8-4-3-5-13(20)17(24)25/h6-7,9,13H,2-5,8H2,1H3,(H,18,21)(H,24,25). The molecule has 8 heteroatoms. The fourth-order valence-corrected chi connectivity index (χ4v) is 3.32. The third-order valence-electron chi connectivity index (χ3n) is 4.59. The number of carboxylic acid groups (broad SMARTS) is 1. The monoisotopic (exact) mass is 345 g/mol. The fraction of sp³-hybridized carbons (Fsp3) is 0.412. The van der Waals surface area contributed by atoms with Gasteiger partial charge in [0.2, 0.25) is 0 Å². The molecule has 0 spiro atoms. The van der Waals surface area contributed by atoms with Crippen molar-refractivity contribution in [3.05, 3.63) is 44.5 Å². The second-order valence-electron chi connectivity index (χ2n) is 6.08. The topological polar surface area (TPSA) is 112 Å². The molecule has 0 radical (unpaired) electrons. The first kappa shape index (κ1) is 16.9. The first-order valence-electron chi connectivity index (χ1n) is 8.24. The first-order valence-corrected chi connectivity index (χ1v) is 8.24. The minimum absolute atomic E-state index is 0.289. The molecule has 3 rings (SSSR count). The molecule has 2 heterocycles. The van der Waals surface area contributed by atoms with Gasteiger partial charge >= 0.3 is 17.1 Å². The Morgan fingerprint density at radius 1 is 1.28 bits per heavy atom. The molecule has 1 aliphatic heterocycles. The number of H-pyrrole nitrogens is 1. The van der Waals surface area contributed by atoms with Crippen LogP contribution in [0, 0.1) is 0 Å². The number of carbonyl (C=O) groups excluding carboxylic acids is 1. The Morgan fingerprint density at radius 3 is 2.72 bits per heavy atom. The van der Waals surface area contributed by atoms with E-state index in [0.29, 0.717) is 30.5 Å². The minimum Gasteiger partial charge on any atom is -0.480 e. The number of piperidine rings is 1. The lowest BCUT2D eigenvalue weighted by atomic mass is 10.0. The number of rotatable bonds is 3. The summed E-state index contributed by atoms with van der Waals surface area (Å²) < 4.78 is 1.34. The van der Waals surface area contributed by atoms with E-state index >= 15 is 0 Å². The van der Waals surface area contributed by atoms with Gasteiger partial charge in [-0.25, -0.2) is 4.79 Å². The van der Waals surface area contributed by atoms with Crippen molar-refractivity contribution in [3.8, 4) is 0 Å². The lowest BCUT2D eigenvalue weighted by Gasteiger charge is -2.33. The number of likely N-dealkylation sites (tertiary alicyclic amines) is 1. The molecule has 1 saturated heterocycles. The van der Waals surface area contributed by atoms with Crippen molar-refractivity contribution in [2.45, 2.75) is 38.8 Å². The Hall–Kier alpha value is -2.90. The number of hydrogen-bond donors (Lipinski definition) is 2.